The highest BCUT2D eigenvalue weighted by atomic mass is 16.6. The van der Waals surface area contributed by atoms with Crippen LogP contribution >= 0.6 is 0 Å². The molecule has 140 valence electrons. The van der Waals surface area contributed by atoms with E-state index in [9.17, 15) is 9.59 Å². The molecule has 0 radical (unpaired) electrons. The number of hydrogen-bond donors (Lipinski definition) is 0. The lowest BCUT2D eigenvalue weighted by Gasteiger charge is -2.17. The number of Topliss-reactive ketones (excluding diaryl/α,β-unsaturated/α-hetero) is 1. The second-order valence-corrected chi connectivity index (χ2v) is 5.91. The molecule has 2 aromatic carbocycles. The number of benzene rings is 2. The fourth-order valence-corrected chi connectivity index (χ4v) is 2.76. The fourth-order valence-electron chi connectivity index (χ4n) is 2.76. The maximum Gasteiger partial charge on any atom is 0.415 e. The van der Waals surface area contributed by atoms with Crippen LogP contribution in [-0.4, -0.2) is 37.0 Å². The highest BCUT2D eigenvalue weighted by molar-refractivity contribution is 6.14. The van der Waals surface area contributed by atoms with E-state index < -0.39 is 6.09 Å². The molecule has 0 aromatic heterocycles. The lowest BCUT2D eigenvalue weighted by atomic mass is 10.1. The average molecular weight is 367 g/mol. The molecule has 0 N–H and O–H groups in total. The molecule has 27 heavy (non-hydrogen) atoms. The summed E-state index contributed by atoms with van der Waals surface area (Å²) in [5, 5.41) is 0. The average Bonchev–Trinajstić information content (AvgIpc) is 2.98. The minimum Gasteiger partial charge on any atom is -0.497 e. The van der Waals surface area contributed by atoms with E-state index in [0.29, 0.717) is 35.9 Å². The predicted molar refractivity (Wildman–Crippen MR) is 101 cm³/mol. The maximum absolute atomic E-state index is 12.5. The van der Waals surface area contributed by atoms with Crippen molar-refractivity contribution in [2.75, 3.05) is 20.2 Å². The van der Waals surface area contributed by atoms with Gasteiger partial charge in [0.05, 0.1) is 12.7 Å². The van der Waals surface area contributed by atoms with Crippen molar-refractivity contribution >= 4 is 18.0 Å². The van der Waals surface area contributed by atoms with E-state index >= 15 is 0 Å². The Balaban J connectivity index is 1.81. The quantitative estimate of drug-likeness (QED) is 0.743. The van der Waals surface area contributed by atoms with Crippen molar-refractivity contribution in [3.63, 3.8) is 0 Å². The zero-order chi connectivity index (χ0) is 19.4. The molecule has 0 saturated heterocycles. The molecule has 0 unspecified atom stereocenters. The highest BCUT2D eigenvalue weighted by Crippen LogP contribution is 2.35. The van der Waals surface area contributed by atoms with Crippen LogP contribution in [0.25, 0.3) is 6.08 Å². The zero-order valence-electron chi connectivity index (χ0n) is 15.5. The van der Waals surface area contributed by atoms with Gasteiger partial charge in [0.15, 0.2) is 5.76 Å². The van der Waals surface area contributed by atoms with Gasteiger partial charge >= 0.3 is 6.09 Å². The monoisotopic (exact) mass is 367 g/mol. The van der Waals surface area contributed by atoms with Crippen LogP contribution in [0, 0.1) is 0 Å². The molecule has 0 atom stereocenters. The molecule has 0 aliphatic carbocycles. The predicted octanol–water partition coefficient (Wildman–Crippen LogP) is 4.15. The summed E-state index contributed by atoms with van der Waals surface area (Å²) in [6.07, 6.45) is 1.23. The summed E-state index contributed by atoms with van der Waals surface area (Å²) in [7, 11) is 1.58. The zero-order valence-corrected chi connectivity index (χ0v) is 15.5. The lowest BCUT2D eigenvalue weighted by molar-refractivity contribution is 0.101. The van der Waals surface area contributed by atoms with Crippen LogP contribution in [0.5, 0.6) is 17.2 Å². The van der Waals surface area contributed by atoms with Crippen LogP contribution in [0.3, 0.4) is 0 Å². The normalized spacial score (nSPS) is 13.9. The summed E-state index contributed by atoms with van der Waals surface area (Å²) >= 11 is 0. The standard InChI is InChI=1S/C21H21NO5/c1-4-22(5-2)21(24)26-16-9-10-17-18(13-16)27-19(20(17)23)12-14-7-6-8-15(11-14)25-3/h6-13H,4-5H2,1-3H3. The highest BCUT2D eigenvalue weighted by Gasteiger charge is 2.28. The van der Waals surface area contributed by atoms with Crippen molar-refractivity contribution in [2.45, 2.75) is 13.8 Å². The number of fused-ring (bicyclic) bond motifs is 1. The Morgan fingerprint density at radius 2 is 1.89 bits per heavy atom. The van der Waals surface area contributed by atoms with Gasteiger partial charge in [0.1, 0.15) is 17.2 Å². The van der Waals surface area contributed by atoms with Gasteiger partial charge in [0, 0.05) is 19.2 Å². The number of amides is 1. The number of carbonyl (C=O) groups is 2. The van der Waals surface area contributed by atoms with Crippen LogP contribution in [0.1, 0.15) is 29.8 Å². The summed E-state index contributed by atoms with van der Waals surface area (Å²) in [5.74, 6) is 1.40. The number of rotatable bonds is 5. The summed E-state index contributed by atoms with van der Waals surface area (Å²) in [6, 6.07) is 12.1. The molecular formula is C21H21NO5. The number of nitrogens with zero attached hydrogens (tertiary/aromatic N) is 1. The first-order chi connectivity index (χ1) is 13.0. The molecular weight excluding hydrogens is 346 g/mol. The second kappa shape index (κ2) is 7.95. The minimum absolute atomic E-state index is 0.213. The van der Waals surface area contributed by atoms with Gasteiger partial charge in [0.2, 0.25) is 5.78 Å². The van der Waals surface area contributed by atoms with Gasteiger partial charge in [-0.3, -0.25) is 4.79 Å². The van der Waals surface area contributed by atoms with E-state index in [-0.39, 0.29) is 11.5 Å². The third-order valence-electron chi connectivity index (χ3n) is 4.26. The number of hydrogen-bond acceptors (Lipinski definition) is 5. The third kappa shape index (κ3) is 3.95. The number of carbonyl (C=O) groups excluding carboxylic acids is 2. The number of ether oxygens (including phenoxy) is 3. The van der Waals surface area contributed by atoms with Crippen LogP contribution < -0.4 is 14.2 Å². The topological polar surface area (TPSA) is 65.1 Å². The van der Waals surface area contributed by atoms with Crippen molar-refractivity contribution in [1.82, 2.24) is 4.90 Å². The van der Waals surface area contributed by atoms with Crippen LogP contribution in [-0.2, 0) is 0 Å². The molecule has 0 saturated carbocycles. The fraction of sp³-hybridized carbons (Fsp3) is 0.238. The van der Waals surface area contributed by atoms with E-state index in [1.165, 1.54) is 0 Å². The molecule has 3 rings (SSSR count). The summed E-state index contributed by atoms with van der Waals surface area (Å²) in [6.45, 7) is 4.88. The van der Waals surface area contributed by atoms with Gasteiger partial charge in [-0.2, -0.15) is 0 Å². The van der Waals surface area contributed by atoms with Crippen molar-refractivity contribution in [3.05, 3.63) is 59.4 Å². The Morgan fingerprint density at radius 3 is 2.59 bits per heavy atom. The molecule has 1 aliphatic rings. The molecule has 1 heterocycles. The van der Waals surface area contributed by atoms with Crippen molar-refractivity contribution in [2.24, 2.45) is 0 Å². The number of allylic oxidation sites excluding steroid dienone is 1. The Bertz CT molecular complexity index is 899. The van der Waals surface area contributed by atoms with E-state index in [2.05, 4.69) is 0 Å². The van der Waals surface area contributed by atoms with Gasteiger partial charge in [-0.15, -0.1) is 0 Å². The molecule has 6 nitrogen and oxygen atoms in total. The first-order valence-corrected chi connectivity index (χ1v) is 8.74. The van der Waals surface area contributed by atoms with Crippen molar-refractivity contribution < 1.29 is 23.8 Å². The number of ketones is 1. The first-order valence-electron chi connectivity index (χ1n) is 8.74. The largest absolute Gasteiger partial charge is 0.497 e. The molecule has 6 heteroatoms. The van der Waals surface area contributed by atoms with Crippen LogP contribution in [0.2, 0.25) is 0 Å². The summed E-state index contributed by atoms with van der Waals surface area (Å²) < 4.78 is 16.3. The Morgan fingerprint density at radius 1 is 1.11 bits per heavy atom. The molecule has 0 bridgehead atoms. The van der Waals surface area contributed by atoms with E-state index in [1.807, 2.05) is 38.1 Å². The first kappa shape index (κ1) is 18.5. The van der Waals surface area contributed by atoms with E-state index in [0.717, 1.165) is 5.56 Å². The lowest BCUT2D eigenvalue weighted by Crippen LogP contribution is -2.33. The molecule has 2 aromatic rings. The third-order valence-corrected chi connectivity index (χ3v) is 4.26. The maximum atomic E-state index is 12.5. The number of methoxy groups -OCH3 is 1. The second-order valence-electron chi connectivity index (χ2n) is 5.91. The minimum atomic E-state index is -0.434. The van der Waals surface area contributed by atoms with E-state index in [4.69, 9.17) is 14.2 Å². The Hall–Kier alpha value is -3.28. The van der Waals surface area contributed by atoms with Gasteiger partial charge in [0.25, 0.3) is 0 Å². The summed E-state index contributed by atoms with van der Waals surface area (Å²) in [5.41, 5.74) is 1.23. The molecule has 1 amide bonds. The van der Waals surface area contributed by atoms with Gasteiger partial charge < -0.3 is 19.1 Å². The Kier molecular flexibility index (Phi) is 5.45. The molecule has 0 spiro atoms. The van der Waals surface area contributed by atoms with Gasteiger partial charge in [-0.05, 0) is 49.8 Å². The SMILES string of the molecule is CCN(CC)C(=O)Oc1ccc2c(c1)OC(=Cc1cccc(OC)c1)C2=O. The Labute approximate surface area is 158 Å². The smallest absolute Gasteiger partial charge is 0.415 e. The molecule has 1 aliphatic heterocycles. The van der Waals surface area contributed by atoms with Crippen LogP contribution in [0.4, 0.5) is 4.79 Å². The summed E-state index contributed by atoms with van der Waals surface area (Å²) in [4.78, 5) is 26.2. The van der Waals surface area contributed by atoms with Crippen molar-refractivity contribution in [1.29, 1.82) is 0 Å². The van der Waals surface area contributed by atoms with Gasteiger partial charge in [-0.25, -0.2) is 4.79 Å². The van der Waals surface area contributed by atoms with Crippen molar-refractivity contribution in [3.8, 4) is 17.2 Å². The van der Waals surface area contributed by atoms with Crippen LogP contribution in [0.15, 0.2) is 48.2 Å². The van der Waals surface area contributed by atoms with E-state index in [1.54, 1.807) is 36.3 Å². The van der Waals surface area contributed by atoms with Gasteiger partial charge in [-0.1, -0.05) is 12.1 Å². The molecule has 0 fully saturated rings.